The van der Waals surface area contributed by atoms with Crippen LogP contribution in [0.5, 0.6) is 0 Å². The molecule has 0 aromatic heterocycles. The third kappa shape index (κ3) is 1.82. The predicted molar refractivity (Wildman–Crippen MR) is 63.7 cm³/mol. The molecule has 0 saturated carbocycles. The number of nitrogens with zero attached hydrogens (tertiary/aromatic N) is 1. The quantitative estimate of drug-likeness (QED) is 0.758. The number of nitrogens with two attached hydrogens (primary N) is 1. The van der Waals surface area contributed by atoms with Gasteiger partial charge < -0.3 is 5.73 Å². The SMILES string of the molecule is CC1CCCCN1C1(CN)CCSC1. The van der Waals surface area contributed by atoms with Crippen molar-refractivity contribution < 1.29 is 0 Å². The maximum absolute atomic E-state index is 6.01. The van der Waals surface area contributed by atoms with Crippen LogP contribution in [0.1, 0.15) is 32.6 Å². The Morgan fingerprint density at radius 3 is 2.93 bits per heavy atom. The average Bonchev–Trinajstić information content (AvgIpc) is 2.68. The molecule has 14 heavy (non-hydrogen) atoms. The highest BCUT2D eigenvalue weighted by molar-refractivity contribution is 7.99. The van der Waals surface area contributed by atoms with Gasteiger partial charge in [-0.15, -0.1) is 0 Å². The van der Waals surface area contributed by atoms with Crippen LogP contribution >= 0.6 is 11.8 Å². The van der Waals surface area contributed by atoms with Crippen molar-refractivity contribution in [2.24, 2.45) is 5.73 Å². The van der Waals surface area contributed by atoms with E-state index < -0.39 is 0 Å². The normalized spacial score (nSPS) is 40.3. The van der Waals surface area contributed by atoms with Crippen molar-refractivity contribution in [3.05, 3.63) is 0 Å². The number of rotatable bonds is 2. The van der Waals surface area contributed by atoms with Crippen LogP contribution in [0.25, 0.3) is 0 Å². The molecular weight excluding hydrogens is 192 g/mol. The van der Waals surface area contributed by atoms with Crippen molar-refractivity contribution >= 4 is 11.8 Å². The van der Waals surface area contributed by atoms with Gasteiger partial charge in [0.1, 0.15) is 0 Å². The Morgan fingerprint density at radius 1 is 1.50 bits per heavy atom. The van der Waals surface area contributed by atoms with E-state index in [1.807, 2.05) is 0 Å². The summed E-state index contributed by atoms with van der Waals surface area (Å²) in [6.45, 7) is 4.50. The smallest absolute Gasteiger partial charge is 0.0432 e. The van der Waals surface area contributed by atoms with Crippen LogP contribution < -0.4 is 5.73 Å². The zero-order chi connectivity index (χ0) is 10.0. The fraction of sp³-hybridized carbons (Fsp3) is 1.00. The average molecular weight is 214 g/mol. The lowest BCUT2D eigenvalue weighted by Gasteiger charge is -2.46. The Balaban J connectivity index is 2.09. The van der Waals surface area contributed by atoms with Crippen molar-refractivity contribution in [3.8, 4) is 0 Å². The van der Waals surface area contributed by atoms with Gasteiger partial charge in [0.15, 0.2) is 0 Å². The van der Waals surface area contributed by atoms with E-state index in [0.29, 0.717) is 5.54 Å². The van der Waals surface area contributed by atoms with Crippen LogP contribution in [0.3, 0.4) is 0 Å². The molecule has 2 heterocycles. The molecule has 0 aromatic rings. The van der Waals surface area contributed by atoms with Gasteiger partial charge in [0.25, 0.3) is 0 Å². The molecular formula is C11H22N2S. The molecule has 2 aliphatic heterocycles. The molecule has 2 fully saturated rings. The molecule has 2 N–H and O–H groups in total. The van der Waals surface area contributed by atoms with E-state index in [1.54, 1.807) is 0 Å². The van der Waals surface area contributed by atoms with Gasteiger partial charge in [-0.3, -0.25) is 4.90 Å². The van der Waals surface area contributed by atoms with E-state index in [-0.39, 0.29) is 0 Å². The first-order valence-electron chi connectivity index (χ1n) is 5.83. The number of likely N-dealkylation sites (tertiary alicyclic amines) is 1. The topological polar surface area (TPSA) is 29.3 Å². The van der Waals surface area contributed by atoms with Crippen molar-refractivity contribution in [3.63, 3.8) is 0 Å². The van der Waals surface area contributed by atoms with E-state index in [0.717, 1.165) is 12.6 Å². The number of thioether (sulfide) groups is 1. The predicted octanol–water partition coefficient (Wildman–Crippen LogP) is 1.70. The molecule has 0 aromatic carbocycles. The van der Waals surface area contributed by atoms with E-state index in [2.05, 4.69) is 23.6 Å². The van der Waals surface area contributed by atoms with Crippen molar-refractivity contribution in [2.45, 2.75) is 44.2 Å². The van der Waals surface area contributed by atoms with Gasteiger partial charge in [-0.1, -0.05) is 6.42 Å². The summed E-state index contributed by atoms with van der Waals surface area (Å²) in [6, 6.07) is 0.756. The first-order valence-corrected chi connectivity index (χ1v) is 6.98. The molecule has 0 aliphatic carbocycles. The molecule has 0 bridgehead atoms. The zero-order valence-electron chi connectivity index (χ0n) is 9.17. The second kappa shape index (κ2) is 4.42. The number of hydrogen-bond acceptors (Lipinski definition) is 3. The summed E-state index contributed by atoms with van der Waals surface area (Å²) >= 11 is 2.08. The highest BCUT2D eigenvalue weighted by atomic mass is 32.2. The van der Waals surface area contributed by atoms with Gasteiger partial charge in [0.05, 0.1) is 0 Å². The molecule has 0 amide bonds. The van der Waals surface area contributed by atoms with Crippen LogP contribution in [0.4, 0.5) is 0 Å². The van der Waals surface area contributed by atoms with Gasteiger partial charge >= 0.3 is 0 Å². The van der Waals surface area contributed by atoms with Crippen molar-refractivity contribution in [1.82, 2.24) is 4.90 Å². The second-order valence-electron chi connectivity index (χ2n) is 4.77. The lowest BCUT2D eigenvalue weighted by molar-refractivity contribution is 0.0468. The van der Waals surface area contributed by atoms with E-state index >= 15 is 0 Å². The Hall–Kier alpha value is 0.270. The third-order valence-electron chi connectivity index (χ3n) is 3.87. The molecule has 2 aliphatic rings. The fourth-order valence-corrected chi connectivity index (χ4v) is 4.38. The third-order valence-corrected chi connectivity index (χ3v) is 5.11. The Morgan fingerprint density at radius 2 is 2.36 bits per heavy atom. The molecule has 0 spiro atoms. The lowest BCUT2D eigenvalue weighted by Crippen LogP contribution is -2.58. The molecule has 2 nitrogen and oxygen atoms in total. The fourth-order valence-electron chi connectivity index (χ4n) is 2.90. The largest absolute Gasteiger partial charge is 0.329 e. The zero-order valence-corrected chi connectivity index (χ0v) is 9.98. The van der Waals surface area contributed by atoms with E-state index in [1.165, 1.54) is 43.7 Å². The maximum Gasteiger partial charge on any atom is 0.0432 e. The summed E-state index contributed by atoms with van der Waals surface area (Å²) in [6.07, 6.45) is 5.45. The summed E-state index contributed by atoms with van der Waals surface area (Å²) < 4.78 is 0. The highest BCUT2D eigenvalue weighted by Gasteiger charge is 2.41. The minimum Gasteiger partial charge on any atom is -0.329 e. The Bertz CT molecular complexity index is 190. The molecule has 2 rings (SSSR count). The minimum absolute atomic E-state index is 0.352. The summed E-state index contributed by atoms with van der Waals surface area (Å²) in [4.78, 5) is 2.70. The first kappa shape index (κ1) is 10.8. The van der Waals surface area contributed by atoms with Gasteiger partial charge in [-0.2, -0.15) is 11.8 Å². The van der Waals surface area contributed by atoms with Crippen LogP contribution in [-0.4, -0.2) is 41.1 Å². The monoisotopic (exact) mass is 214 g/mol. The molecule has 2 atom stereocenters. The molecule has 2 saturated heterocycles. The van der Waals surface area contributed by atoms with Crippen LogP contribution in [0.2, 0.25) is 0 Å². The van der Waals surface area contributed by atoms with Crippen LogP contribution in [0.15, 0.2) is 0 Å². The van der Waals surface area contributed by atoms with Crippen LogP contribution in [-0.2, 0) is 0 Å². The van der Waals surface area contributed by atoms with Crippen molar-refractivity contribution in [2.75, 3.05) is 24.6 Å². The first-order chi connectivity index (χ1) is 6.78. The Kier molecular flexibility index (Phi) is 3.40. The van der Waals surface area contributed by atoms with Gasteiger partial charge in [-0.05, 0) is 38.5 Å². The van der Waals surface area contributed by atoms with Gasteiger partial charge in [-0.25, -0.2) is 0 Å². The van der Waals surface area contributed by atoms with E-state index in [9.17, 15) is 0 Å². The highest BCUT2D eigenvalue weighted by Crippen LogP contribution is 2.36. The molecule has 82 valence electrons. The lowest BCUT2D eigenvalue weighted by atomic mass is 9.90. The number of piperidine rings is 1. The molecule has 2 unspecified atom stereocenters. The standard InChI is InChI=1S/C11H22N2S/c1-10-4-2-3-6-13(10)11(8-12)5-7-14-9-11/h10H,2-9,12H2,1H3. The van der Waals surface area contributed by atoms with Gasteiger partial charge in [0, 0.05) is 23.9 Å². The maximum atomic E-state index is 6.01. The Labute approximate surface area is 91.6 Å². The molecule has 3 heteroatoms. The van der Waals surface area contributed by atoms with Crippen molar-refractivity contribution in [1.29, 1.82) is 0 Å². The summed E-state index contributed by atoms with van der Waals surface area (Å²) in [5.74, 6) is 2.56. The minimum atomic E-state index is 0.352. The van der Waals surface area contributed by atoms with Gasteiger partial charge in [0.2, 0.25) is 0 Å². The second-order valence-corrected chi connectivity index (χ2v) is 5.87. The van der Waals surface area contributed by atoms with E-state index in [4.69, 9.17) is 5.73 Å². The summed E-state index contributed by atoms with van der Waals surface area (Å²) in [7, 11) is 0. The summed E-state index contributed by atoms with van der Waals surface area (Å²) in [5, 5.41) is 0. The molecule has 0 radical (unpaired) electrons. The van der Waals surface area contributed by atoms with Crippen LogP contribution in [0, 0.1) is 0 Å². The summed E-state index contributed by atoms with van der Waals surface area (Å²) in [5.41, 5.74) is 6.36. The number of hydrogen-bond donors (Lipinski definition) is 1.